The standard InChI is InChI=1S/C20H20N4O/c1-14-12-22-20-23-17-6-2-4-15(10-17)8-9-25-18-7-3-5-16(11-18)13-21-19(14)24-20/h2-7,10-12H,8-9,13H2,1H3,(H2,21,22,23,24). The molecule has 1 aliphatic heterocycles. The second-order valence-corrected chi connectivity index (χ2v) is 6.15. The fourth-order valence-corrected chi connectivity index (χ4v) is 2.83. The molecule has 2 heterocycles. The summed E-state index contributed by atoms with van der Waals surface area (Å²) >= 11 is 0. The van der Waals surface area contributed by atoms with Crippen LogP contribution in [0.4, 0.5) is 17.5 Å². The van der Waals surface area contributed by atoms with E-state index in [9.17, 15) is 0 Å². The van der Waals surface area contributed by atoms with Gasteiger partial charge in [-0.25, -0.2) is 4.98 Å². The van der Waals surface area contributed by atoms with Crippen LogP contribution in [-0.4, -0.2) is 16.6 Å². The van der Waals surface area contributed by atoms with E-state index >= 15 is 0 Å². The molecule has 0 saturated carbocycles. The maximum absolute atomic E-state index is 5.91. The topological polar surface area (TPSA) is 59.1 Å². The molecule has 0 aliphatic carbocycles. The Hall–Kier alpha value is -3.08. The first-order valence-corrected chi connectivity index (χ1v) is 8.41. The molecule has 6 bridgehead atoms. The van der Waals surface area contributed by atoms with E-state index < -0.39 is 0 Å². The molecule has 25 heavy (non-hydrogen) atoms. The number of fused-ring (bicyclic) bond motifs is 6. The smallest absolute Gasteiger partial charge is 0.229 e. The van der Waals surface area contributed by atoms with Gasteiger partial charge in [-0.05, 0) is 42.3 Å². The molecule has 3 aromatic rings. The van der Waals surface area contributed by atoms with E-state index in [1.165, 1.54) is 5.56 Å². The summed E-state index contributed by atoms with van der Waals surface area (Å²) in [5.74, 6) is 2.31. The van der Waals surface area contributed by atoms with Gasteiger partial charge in [-0.2, -0.15) is 4.98 Å². The van der Waals surface area contributed by atoms with Gasteiger partial charge in [-0.3, -0.25) is 0 Å². The van der Waals surface area contributed by atoms with E-state index in [4.69, 9.17) is 4.74 Å². The van der Waals surface area contributed by atoms with Crippen molar-refractivity contribution in [2.45, 2.75) is 19.9 Å². The SMILES string of the molecule is Cc1cnc2nc1NCc1cccc(c1)OCCc1cccc(c1)N2. The van der Waals surface area contributed by atoms with Gasteiger partial charge in [-0.15, -0.1) is 0 Å². The molecule has 4 rings (SSSR count). The average Bonchev–Trinajstić information content (AvgIpc) is 2.62. The van der Waals surface area contributed by atoms with Crippen molar-refractivity contribution in [3.05, 3.63) is 71.4 Å². The van der Waals surface area contributed by atoms with Crippen LogP contribution >= 0.6 is 0 Å². The Labute approximate surface area is 147 Å². The zero-order chi connectivity index (χ0) is 17.1. The quantitative estimate of drug-likeness (QED) is 0.650. The summed E-state index contributed by atoms with van der Waals surface area (Å²) < 4.78 is 5.91. The summed E-state index contributed by atoms with van der Waals surface area (Å²) in [4.78, 5) is 9.00. The number of hydrogen-bond donors (Lipinski definition) is 2. The summed E-state index contributed by atoms with van der Waals surface area (Å²) in [6, 6.07) is 16.4. The first-order valence-electron chi connectivity index (χ1n) is 8.41. The summed E-state index contributed by atoms with van der Waals surface area (Å²) in [6.07, 6.45) is 2.68. The van der Waals surface area contributed by atoms with Gasteiger partial charge < -0.3 is 15.4 Å². The number of nitrogens with one attached hydrogen (secondary N) is 2. The van der Waals surface area contributed by atoms with Gasteiger partial charge in [0.05, 0.1) is 6.61 Å². The second-order valence-electron chi connectivity index (χ2n) is 6.15. The van der Waals surface area contributed by atoms with Gasteiger partial charge in [0.15, 0.2) is 0 Å². The highest BCUT2D eigenvalue weighted by Crippen LogP contribution is 2.21. The number of nitrogens with zero attached hydrogens (tertiary/aromatic N) is 2. The average molecular weight is 332 g/mol. The van der Waals surface area contributed by atoms with Crippen molar-refractivity contribution in [2.24, 2.45) is 0 Å². The van der Waals surface area contributed by atoms with Gasteiger partial charge in [0.2, 0.25) is 5.95 Å². The van der Waals surface area contributed by atoms with Gasteiger partial charge in [0.1, 0.15) is 11.6 Å². The fraction of sp³-hybridized carbons (Fsp3) is 0.200. The van der Waals surface area contributed by atoms with E-state index in [1.54, 1.807) is 0 Å². The van der Waals surface area contributed by atoms with Crippen molar-refractivity contribution in [3.63, 3.8) is 0 Å². The van der Waals surface area contributed by atoms with Crippen molar-refractivity contribution in [2.75, 3.05) is 17.2 Å². The highest BCUT2D eigenvalue weighted by molar-refractivity contribution is 5.57. The molecule has 0 fully saturated rings. The maximum atomic E-state index is 5.91. The van der Waals surface area contributed by atoms with Crippen LogP contribution in [0.3, 0.4) is 0 Å². The summed E-state index contributed by atoms with van der Waals surface area (Å²) in [7, 11) is 0. The van der Waals surface area contributed by atoms with Crippen LogP contribution in [0.1, 0.15) is 16.7 Å². The minimum Gasteiger partial charge on any atom is -0.493 e. The molecule has 0 saturated heterocycles. The van der Waals surface area contributed by atoms with Crippen molar-refractivity contribution >= 4 is 17.5 Å². The van der Waals surface area contributed by atoms with E-state index in [0.29, 0.717) is 19.1 Å². The van der Waals surface area contributed by atoms with Crippen LogP contribution in [0.5, 0.6) is 5.75 Å². The fourth-order valence-electron chi connectivity index (χ4n) is 2.83. The molecular weight excluding hydrogens is 312 g/mol. The lowest BCUT2D eigenvalue weighted by molar-refractivity contribution is 0.321. The molecule has 5 nitrogen and oxygen atoms in total. The van der Waals surface area contributed by atoms with Crippen LogP contribution < -0.4 is 15.4 Å². The zero-order valence-corrected chi connectivity index (χ0v) is 14.1. The Bertz CT molecular complexity index is 894. The molecule has 0 radical (unpaired) electrons. The van der Waals surface area contributed by atoms with Gasteiger partial charge in [-0.1, -0.05) is 24.3 Å². The van der Waals surface area contributed by atoms with E-state index in [2.05, 4.69) is 44.9 Å². The Kier molecular flexibility index (Phi) is 4.21. The third kappa shape index (κ3) is 3.71. The molecule has 2 aromatic carbocycles. The van der Waals surface area contributed by atoms with Crippen LogP contribution in [0, 0.1) is 6.92 Å². The monoisotopic (exact) mass is 332 g/mol. The predicted molar refractivity (Wildman–Crippen MR) is 99.5 cm³/mol. The molecule has 1 aromatic heterocycles. The van der Waals surface area contributed by atoms with Crippen molar-refractivity contribution in [1.82, 2.24) is 9.97 Å². The third-order valence-corrected chi connectivity index (χ3v) is 4.17. The number of ether oxygens (including phenoxy) is 1. The van der Waals surface area contributed by atoms with Gasteiger partial charge in [0, 0.05) is 30.4 Å². The highest BCUT2D eigenvalue weighted by atomic mass is 16.5. The Morgan fingerprint density at radius 3 is 2.88 bits per heavy atom. The lowest BCUT2D eigenvalue weighted by Gasteiger charge is -2.11. The zero-order valence-electron chi connectivity index (χ0n) is 14.1. The number of rotatable bonds is 0. The first-order chi connectivity index (χ1) is 12.3. The van der Waals surface area contributed by atoms with Crippen molar-refractivity contribution < 1.29 is 4.74 Å². The molecule has 0 spiro atoms. The highest BCUT2D eigenvalue weighted by Gasteiger charge is 2.07. The maximum Gasteiger partial charge on any atom is 0.229 e. The summed E-state index contributed by atoms with van der Waals surface area (Å²) in [6.45, 7) is 3.33. The van der Waals surface area contributed by atoms with Crippen LogP contribution in [0.25, 0.3) is 0 Å². The minimum atomic E-state index is 0.588. The normalized spacial score (nSPS) is 13.5. The first kappa shape index (κ1) is 15.4. The second kappa shape index (κ2) is 6.81. The molecule has 2 N–H and O–H groups in total. The van der Waals surface area contributed by atoms with Crippen LogP contribution in [0.2, 0.25) is 0 Å². The third-order valence-electron chi connectivity index (χ3n) is 4.17. The molecule has 126 valence electrons. The molecule has 0 unspecified atom stereocenters. The predicted octanol–water partition coefficient (Wildman–Crippen LogP) is 4.08. The van der Waals surface area contributed by atoms with Crippen LogP contribution in [-0.2, 0) is 13.0 Å². The molecule has 0 amide bonds. The largest absolute Gasteiger partial charge is 0.493 e. The molecule has 5 heteroatoms. The lowest BCUT2D eigenvalue weighted by Crippen LogP contribution is -2.06. The summed E-state index contributed by atoms with van der Waals surface area (Å²) in [5, 5.41) is 6.67. The Morgan fingerprint density at radius 2 is 1.92 bits per heavy atom. The Balaban J connectivity index is 1.71. The van der Waals surface area contributed by atoms with E-state index in [0.717, 1.165) is 34.8 Å². The molecule has 0 atom stereocenters. The minimum absolute atomic E-state index is 0.588. The summed E-state index contributed by atoms with van der Waals surface area (Å²) in [5.41, 5.74) is 4.35. The van der Waals surface area contributed by atoms with Gasteiger partial charge in [0.25, 0.3) is 0 Å². The lowest BCUT2D eigenvalue weighted by atomic mass is 10.1. The van der Waals surface area contributed by atoms with Crippen molar-refractivity contribution in [1.29, 1.82) is 0 Å². The van der Waals surface area contributed by atoms with E-state index in [1.807, 2.05) is 37.4 Å². The number of hydrogen-bond acceptors (Lipinski definition) is 5. The number of aryl methyl sites for hydroxylation is 1. The number of anilines is 3. The van der Waals surface area contributed by atoms with Gasteiger partial charge >= 0.3 is 0 Å². The van der Waals surface area contributed by atoms with E-state index in [-0.39, 0.29) is 0 Å². The Morgan fingerprint density at radius 1 is 1.04 bits per heavy atom. The number of benzene rings is 2. The molecule has 1 aliphatic rings. The van der Waals surface area contributed by atoms with Crippen LogP contribution in [0.15, 0.2) is 54.7 Å². The number of aromatic nitrogens is 2. The van der Waals surface area contributed by atoms with Crippen molar-refractivity contribution in [3.8, 4) is 5.75 Å². The molecular formula is C20H20N4O.